The van der Waals surface area contributed by atoms with E-state index in [0.717, 1.165) is 25.7 Å². The van der Waals surface area contributed by atoms with Gasteiger partial charge in [0.05, 0.1) is 29.9 Å². The zero-order chi connectivity index (χ0) is 18.1. The summed E-state index contributed by atoms with van der Waals surface area (Å²) in [5, 5.41) is 12.4. The summed E-state index contributed by atoms with van der Waals surface area (Å²) in [6.07, 6.45) is 3.45. The van der Waals surface area contributed by atoms with Crippen LogP contribution in [0.25, 0.3) is 0 Å². The zero-order valence-electron chi connectivity index (χ0n) is 14.4. The van der Waals surface area contributed by atoms with Crippen LogP contribution in [0.1, 0.15) is 36.0 Å². The fourth-order valence-electron chi connectivity index (χ4n) is 3.98. The first-order chi connectivity index (χ1) is 11.9. The summed E-state index contributed by atoms with van der Waals surface area (Å²) in [5.41, 5.74) is 6.46. The number of hydrogen-bond acceptors (Lipinski definition) is 5. The molecule has 144 valence electrons. The van der Waals surface area contributed by atoms with Crippen molar-refractivity contribution in [2.45, 2.75) is 43.8 Å². The van der Waals surface area contributed by atoms with Crippen LogP contribution in [0.4, 0.5) is 5.69 Å². The first kappa shape index (κ1) is 20.6. The number of piperidine rings is 1. The normalized spacial score (nSPS) is 24.6. The summed E-state index contributed by atoms with van der Waals surface area (Å²) >= 11 is 6.03. The number of nitrogens with zero attached hydrogens (tertiary/aromatic N) is 1. The highest BCUT2D eigenvalue weighted by molar-refractivity contribution is 6.33. The van der Waals surface area contributed by atoms with E-state index in [9.17, 15) is 9.59 Å². The molecule has 0 radical (unpaired) electrons. The maximum atomic E-state index is 12.7. The number of amides is 1. The number of anilines is 1. The Bertz CT molecular complexity index is 687. The summed E-state index contributed by atoms with van der Waals surface area (Å²) in [6, 6.07) is 3.47. The van der Waals surface area contributed by atoms with E-state index in [4.69, 9.17) is 27.2 Å². The molecule has 0 aliphatic carbocycles. The lowest BCUT2D eigenvalue weighted by molar-refractivity contribution is -0.139. The number of carbonyl (C=O) groups excluding carboxylic acids is 1. The molecule has 7 nitrogen and oxygen atoms in total. The molecule has 2 unspecified atom stereocenters. The number of benzene rings is 1. The Labute approximate surface area is 163 Å². The van der Waals surface area contributed by atoms with Gasteiger partial charge >= 0.3 is 5.97 Å². The minimum Gasteiger partial charge on any atom is -0.496 e. The Balaban J connectivity index is 0.00000243. The number of nitrogens with one attached hydrogen (secondary N) is 1. The Morgan fingerprint density at radius 3 is 2.50 bits per heavy atom. The van der Waals surface area contributed by atoms with Crippen molar-refractivity contribution < 1.29 is 19.4 Å². The van der Waals surface area contributed by atoms with Crippen molar-refractivity contribution >= 4 is 41.6 Å². The minimum absolute atomic E-state index is 0. The van der Waals surface area contributed by atoms with Crippen molar-refractivity contribution in [2.24, 2.45) is 0 Å². The molecule has 4 N–H and O–H groups in total. The van der Waals surface area contributed by atoms with Crippen LogP contribution in [0.3, 0.4) is 0 Å². The number of ether oxygens (including phenoxy) is 1. The number of nitrogens with two attached hydrogens (primary N) is 1. The third kappa shape index (κ3) is 4.16. The monoisotopic (exact) mass is 403 g/mol. The molecule has 2 fully saturated rings. The van der Waals surface area contributed by atoms with E-state index in [1.165, 1.54) is 19.2 Å². The molecule has 0 spiro atoms. The fourth-order valence-corrected chi connectivity index (χ4v) is 4.15. The zero-order valence-corrected chi connectivity index (χ0v) is 16.0. The number of halogens is 2. The van der Waals surface area contributed by atoms with Gasteiger partial charge in [0.15, 0.2) is 0 Å². The Kier molecular flexibility index (Phi) is 6.60. The molecule has 26 heavy (non-hydrogen) atoms. The van der Waals surface area contributed by atoms with E-state index >= 15 is 0 Å². The average molecular weight is 404 g/mol. The van der Waals surface area contributed by atoms with Gasteiger partial charge in [-0.1, -0.05) is 11.6 Å². The van der Waals surface area contributed by atoms with Gasteiger partial charge in [0.2, 0.25) is 0 Å². The van der Waals surface area contributed by atoms with Gasteiger partial charge in [-0.3, -0.25) is 14.5 Å². The fraction of sp³-hybridized carbons (Fsp3) is 0.529. The lowest BCUT2D eigenvalue weighted by Gasteiger charge is -2.38. The topological polar surface area (TPSA) is 105 Å². The second kappa shape index (κ2) is 8.33. The highest BCUT2D eigenvalue weighted by atomic mass is 35.5. The molecule has 0 aromatic heterocycles. The molecule has 2 atom stereocenters. The largest absolute Gasteiger partial charge is 0.496 e. The number of hydrogen-bond donors (Lipinski definition) is 3. The van der Waals surface area contributed by atoms with Crippen molar-refractivity contribution in [1.29, 1.82) is 0 Å². The van der Waals surface area contributed by atoms with Gasteiger partial charge in [-0.2, -0.15) is 0 Å². The van der Waals surface area contributed by atoms with Gasteiger partial charge < -0.3 is 20.9 Å². The number of carboxylic acid groups (broad SMARTS) is 1. The number of carboxylic acids is 1. The Morgan fingerprint density at radius 2 is 1.96 bits per heavy atom. The van der Waals surface area contributed by atoms with Crippen LogP contribution in [-0.2, 0) is 4.79 Å². The lowest BCUT2D eigenvalue weighted by Crippen LogP contribution is -2.51. The van der Waals surface area contributed by atoms with E-state index in [1.54, 1.807) is 0 Å². The van der Waals surface area contributed by atoms with E-state index in [0.29, 0.717) is 22.0 Å². The smallest absolute Gasteiger partial charge is 0.317 e. The SMILES string of the molecule is COc1cc(N)c(Cl)cc1C(=O)NC1CC2CCC(C1)N2CC(=O)O.Cl. The second-order valence-corrected chi connectivity index (χ2v) is 7.07. The maximum Gasteiger partial charge on any atom is 0.317 e. The first-order valence-electron chi connectivity index (χ1n) is 8.30. The van der Waals surface area contributed by atoms with Crippen LogP contribution in [0.5, 0.6) is 5.75 Å². The van der Waals surface area contributed by atoms with Crippen molar-refractivity contribution in [3.63, 3.8) is 0 Å². The molecule has 1 aromatic rings. The molecular weight excluding hydrogens is 381 g/mol. The predicted octanol–water partition coefficient (Wildman–Crippen LogP) is 2.16. The Hall–Kier alpha value is -1.70. The predicted molar refractivity (Wildman–Crippen MR) is 101 cm³/mol. The molecule has 2 bridgehead atoms. The number of aliphatic carboxylic acids is 1. The highest BCUT2D eigenvalue weighted by Crippen LogP contribution is 2.36. The van der Waals surface area contributed by atoms with Crippen molar-refractivity contribution in [3.8, 4) is 5.75 Å². The van der Waals surface area contributed by atoms with Gasteiger partial charge in [0, 0.05) is 24.2 Å². The standard InChI is InChI=1S/C17H22ClN3O4.ClH/c1-25-15-7-14(19)13(18)6-12(15)17(24)20-9-4-10-2-3-11(5-9)21(10)8-16(22)23;/h6-7,9-11H,2-5,8,19H2,1H3,(H,20,24)(H,22,23);1H. The number of methoxy groups -OCH3 is 1. The van der Waals surface area contributed by atoms with E-state index < -0.39 is 5.97 Å². The van der Waals surface area contributed by atoms with Crippen molar-refractivity contribution in [3.05, 3.63) is 22.7 Å². The van der Waals surface area contributed by atoms with Crippen LogP contribution in [0.15, 0.2) is 12.1 Å². The number of nitrogen functional groups attached to an aromatic ring is 1. The molecule has 2 aliphatic heterocycles. The quantitative estimate of drug-likeness (QED) is 0.650. The molecule has 2 heterocycles. The summed E-state index contributed by atoms with van der Waals surface area (Å²) in [4.78, 5) is 25.7. The third-order valence-electron chi connectivity index (χ3n) is 5.10. The second-order valence-electron chi connectivity index (χ2n) is 6.67. The van der Waals surface area contributed by atoms with Crippen LogP contribution in [0.2, 0.25) is 5.02 Å². The van der Waals surface area contributed by atoms with Crippen LogP contribution in [0, 0.1) is 0 Å². The van der Waals surface area contributed by atoms with Crippen molar-refractivity contribution in [2.75, 3.05) is 19.4 Å². The van der Waals surface area contributed by atoms with E-state index in [1.807, 2.05) is 4.90 Å². The first-order valence-corrected chi connectivity index (χ1v) is 8.68. The summed E-state index contributed by atoms with van der Waals surface area (Å²) in [6.45, 7) is 0.0669. The number of rotatable bonds is 5. The third-order valence-corrected chi connectivity index (χ3v) is 5.43. The summed E-state index contributed by atoms with van der Waals surface area (Å²) < 4.78 is 5.23. The molecular formula is C17H23Cl2N3O4. The molecule has 1 amide bonds. The van der Waals surface area contributed by atoms with Gasteiger partial charge in [0.1, 0.15) is 5.75 Å². The molecule has 2 saturated heterocycles. The molecule has 0 saturated carbocycles. The van der Waals surface area contributed by atoms with Gasteiger partial charge in [0.25, 0.3) is 5.91 Å². The van der Waals surface area contributed by atoms with Gasteiger partial charge in [-0.05, 0) is 31.7 Å². The Morgan fingerprint density at radius 1 is 1.35 bits per heavy atom. The minimum atomic E-state index is -0.805. The number of carbonyl (C=O) groups is 2. The molecule has 1 aromatic carbocycles. The number of fused-ring (bicyclic) bond motifs is 2. The van der Waals surface area contributed by atoms with Gasteiger partial charge in [-0.25, -0.2) is 0 Å². The summed E-state index contributed by atoms with van der Waals surface area (Å²) in [5.74, 6) is -0.679. The molecule has 3 rings (SSSR count). The van der Waals surface area contributed by atoms with Crippen LogP contribution < -0.4 is 15.8 Å². The lowest BCUT2D eigenvalue weighted by atomic mass is 9.97. The van der Waals surface area contributed by atoms with Crippen LogP contribution >= 0.6 is 24.0 Å². The van der Waals surface area contributed by atoms with Crippen molar-refractivity contribution in [1.82, 2.24) is 10.2 Å². The molecule has 2 aliphatic rings. The van der Waals surface area contributed by atoms with Crippen LogP contribution in [-0.4, -0.2) is 53.7 Å². The van der Waals surface area contributed by atoms with E-state index in [-0.39, 0.29) is 43.0 Å². The maximum absolute atomic E-state index is 12.7. The highest BCUT2D eigenvalue weighted by Gasteiger charge is 2.41. The summed E-state index contributed by atoms with van der Waals surface area (Å²) in [7, 11) is 1.48. The van der Waals surface area contributed by atoms with E-state index in [2.05, 4.69) is 5.32 Å². The van der Waals surface area contributed by atoms with Gasteiger partial charge in [-0.15, -0.1) is 12.4 Å². The average Bonchev–Trinajstić information content (AvgIpc) is 2.79. The molecule has 9 heteroatoms.